The molecule has 1 aromatic heterocycles. The van der Waals surface area contributed by atoms with Crippen LogP contribution in [-0.2, 0) is 0 Å². The van der Waals surface area contributed by atoms with Gasteiger partial charge in [-0.05, 0) is 13.0 Å². The van der Waals surface area contributed by atoms with E-state index in [1.54, 1.807) is 18.0 Å². The Morgan fingerprint density at radius 3 is 2.89 bits per heavy atom. The van der Waals surface area contributed by atoms with E-state index in [1.165, 1.54) is 6.20 Å². The van der Waals surface area contributed by atoms with E-state index in [1.807, 2.05) is 13.0 Å². The van der Waals surface area contributed by atoms with Crippen molar-refractivity contribution in [1.82, 2.24) is 9.88 Å². The highest BCUT2D eigenvalue weighted by molar-refractivity contribution is 6.33. The lowest BCUT2D eigenvalue weighted by molar-refractivity contribution is 0.0767. The molecule has 0 atom stereocenters. The van der Waals surface area contributed by atoms with Gasteiger partial charge in [-0.2, -0.15) is 5.26 Å². The van der Waals surface area contributed by atoms with Crippen molar-refractivity contribution in [3.63, 3.8) is 0 Å². The largest absolute Gasteiger partial charge is 0.372 e. The number of halogens is 1. The molecule has 0 saturated heterocycles. The molecule has 18 heavy (non-hydrogen) atoms. The van der Waals surface area contributed by atoms with Crippen molar-refractivity contribution in [2.75, 3.05) is 25.5 Å². The number of carbonyl (C=O) groups excluding carboxylic acids is 1. The molecular weight excluding hydrogens is 252 g/mol. The van der Waals surface area contributed by atoms with Crippen LogP contribution in [0.4, 0.5) is 5.82 Å². The molecule has 0 unspecified atom stereocenters. The normalized spacial score (nSPS) is 9.67. The highest BCUT2D eigenvalue weighted by atomic mass is 35.5. The molecule has 0 radical (unpaired) electrons. The Morgan fingerprint density at radius 2 is 2.39 bits per heavy atom. The molecule has 96 valence electrons. The van der Waals surface area contributed by atoms with Crippen LogP contribution in [0.3, 0.4) is 0 Å². The second-order valence-corrected chi connectivity index (χ2v) is 4.00. The lowest BCUT2D eigenvalue weighted by Crippen LogP contribution is -2.31. The zero-order valence-electron chi connectivity index (χ0n) is 10.4. The second-order valence-electron chi connectivity index (χ2n) is 3.60. The van der Waals surface area contributed by atoms with E-state index in [2.05, 4.69) is 10.3 Å². The summed E-state index contributed by atoms with van der Waals surface area (Å²) in [5.74, 6) is 0.373. The van der Waals surface area contributed by atoms with Crippen LogP contribution in [0.15, 0.2) is 12.3 Å². The number of pyridine rings is 1. The van der Waals surface area contributed by atoms with Gasteiger partial charge in [-0.25, -0.2) is 4.98 Å². The van der Waals surface area contributed by atoms with Gasteiger partial charge >= 0.3 is 0 Å². The van der Waals surface area contributed by atoms with Crippen molar-refractivity contribution in [3.8, 4) is 6.07 Å². The van der Waals surface area contributed by atoms with E-state index in [-0.39, 0.29) is 5.91 Å². The summed E-state index contributed by atoms with van der Waals surface area (Å²) in [6.45, 7) is 2.83. The van der Waals surface area contributed by atoms with Gasteiger partial charge in [-0.3, -0.25) is 4.79 Å². The van der Waals surface area contributed by atoms with Gasteiger partial charge in [0.1, 0.15) is 5.82 Å². The fourth-order valence-electron chi connectivity index (χ4n) is 1.51. The molecule has 6 heteroatoms. The average molecular weight is 267 g/mol. The average Bonchev–Trinajstić information content (AvgIpc) is 2.39. The molecule has 0 aliphatic heterocycles. The summed E-state index contributed by atoms with van der Waals surface area (Å²) in [5.41, 5.74) is 0.429. The van der Waals surface area contributed by atoms with Gasteiger partial charge in [0.05, 0.1) is 23.1 Å². The van der Waals surface area contributed by atoms with Gasteiger partial charge in [-0.1, -0.05) is 11.6 Å². The van der Waals surface area contributed by atoms with Gasteiger partial charge in [-0.15, -0.1) is 0 Å². The zero-order valence-corrected chi connectivity index (χ0v) is 11.2. The minimum atomic E-state index is -0.162. The Labute approximate surface area is 111 Å². The maximum atomic E-state index is 12.1. The number of amides is 1. The van der Waals surface area contributed by atoms with E-state index in [4.69, 9.17) is 16.9 Å². The lowest BCUT2D eigenvalue weighted by atomic mass is 10.2. The number of nitrogens with one attached hydrogen (secondary N) is 1. The van der Waals surface area contributed by atoms with Gasteiger partial charge in [0.25, 0.3) is 5.91 Å². The Kier molecular flexibility index (Phi) is 5.40. The number of nitriles is 1. The molecule has 0 spiro atoms. The van der Waals surface area contributed by atoms with Gasteiger partial charge in [0.2, 0.25) is 0 Å². The summed E-state index contributed by atoms with van der Waals surface area (Å²) in [7, 11) is 1.71. The predicted octanol–water partition coefficient (Wildman–Crippen LogP) is 2.15. The van der Waals surface area contributed by atoms with Crippen molar-refractivity contribution < 1.29 is 4.79 Å². The third kappa shape index (κ3) is 3.34. The van der Waals surface area contributed by atoms with Crippen LogP contribution in [-0.4, -0.2) is 35.9 Å². The van der Waals surface area contributed by atoms with Crippen molar-refractivity contribution in [2.45, 2.75) is 13.3 Å². The summed E-state index contributed by atoms with van der Waals surface area (Å²) in [6, 6.07) is 3.60. The fraction of sp³-hybridized carbons (Fsp3) is 0.417. The molecule has 1 aromatic rings. The Morgan fingerprint density at radius 1 is 1.67 bits per heavy atom. The molecule has 1 heterocycles. The number of nitrogens with zero attached hydrogens (tertiary/aromatic N) is 3. The van der Waals surface area contributed by atoms with E-state index in [9.17, 15) is 4.79 Å². The third-order valence-corrected chi connectivity index (χ3v) is 2.78. The predicted molar refractivity (Wildman–Crippen MR) is 70.6 cm³/mol. The van der Waals surface area contributed by atoms with Crippen LogP contribution in [0.25, 0.3) is 0 Å². The molecular formula is C12H15ClN4O. The van der Waals surface area contributed by atoms with E-state index >= 15 is 0 Å². The first kappa shape index (κ1) is 14.3. The van der Waals surface area contributed by atoms with E-state index in [0.29, 0.717) is 35.9 Å². The molecule has 0 aliphatic rings. The van der Waals surface area contributed by atoms with E-state index in [0.717, 1.165) is 0 Å². The molecule has 5 nitrogen and oxygen atoms in total. The topological polar surface area (TPSA) is 69.0 Å². The number of hydrogen-bond acceptors (Lipinski definition) is 4. The van der Waals surface area contributed by atoms with Gasteiger partial charge < -0.3 is 10.2 Å². The highest BCUT2D eigenvalue weighted by Crippen LogP contribution is 2.20. The Balaban J connectivity index is 2.89. The number of carbonyl (C=O) groups is 1. The lowest BCUT2D eigenvalue weighted by Gasteiger charge is -2.19. The first-order valence-electron chi connectivity index (χ1n) is 5.63. The number of rotatable bonds is 5. The molecule has 0 fully saturated rings. The number of hydrogen-bond donors (Lipinski definition) is 1. The monoisotopic (exact) mass is 266 g/mol. The van der Waals surface area contributed by atoms with Crippen molar-refractivity contribution >= 4 is 23.3 Å². The van der Waals surface area contributed by atoms with Crippen molar-refractivity contribution in [1.29, 1.82) is 5.26 Å². The summed E-state index contributed by atoms with van der Waals surface area (Å²) < 4.78 is 0. The Hall–Kier alpha value is -1.80. The summed E-state index contributed by atoms with van der Waals surface area (Å²) in [6.07, 6.45) is 1.80. The van der Waals surface area contributed by atoms with Crippen LogP contribution in [0.5, 0.6) is 0 Å². The van der Waals surface area contributed by atoms with Crippen LogP contribution >= 0.6 is 11.6 Å². The van der Waals surface area contributed by atoms with Crippen molar-refractivity contribution in [2.24, 2.45) is 0 Å². The van der Waals surface area contributed by atoms with Crippen molar-refractivity contribution in [3.05, 3.63) is 22.8 Å². The van der Waals surface area contributed by atoms with Crippen LogP contribution in [0.2, 0.25) is 5.02 Å². The van der Waals surface area contributed by atoms with Gasteiger partial charge in [0, 0.05) is 26.3 Å². The maximum absolute atomic E-state index is 12.1. The third-order valence-electron chi connectivity index (χ3n) is 2.49. The molecule has 0 saturated carbocycles. The summed E-state index contributed by atoms with van der Waals surface area (Å²) >= 11 is 5.98. The number of anilines is 1. The fourth-order valence-corrected chi connectivity index (χ4v) is 1.77. The minimum Gasteiger partial charge on any atom is -0.372 e. The summed E-state index contributed by atoms with van der Waals surface area (Å²) in [5, 5.41) is 11.8. The molecule has 0 aromatic carbocycles. The summed E-state index contributed by atoms with van der Waals surface area (Å²) in [4.78, 5) is 17.8. The zero-order chi connectivity index (χ0) is 13.5. The SMILES string of the molecule is CCN(CCC#N)C(=O)c1cnc(NC)c(Cl)c1. The molecule has 1 rings (SSSR count). The van der Waals surface area contributed by atoms with Crippen LogP contribution < -0.4 is 5.32 Å². The molecule has 1 amide bonds. The molecule has 0 aliphatic carbocycles. The number of aromatic nitrogens is 1. The molecule has 0 bridgehead atoms. The first-order valence-corrected chi connectivity index (χ1v) is 6.01. The maximum Gasteiger partial charge on any atom is 0.255 e. The highest BCUT2D eigenvalue weighted by Gasteiger charge is 2.15. The van der Waals surface area contributed by atoms with Gasteiger partial charge in [0.15, 0.2) is 0 Å². The standard InChI is InChI=1S/C12H15ClN4O/c1-3-17(6-4-5-14)12(18)9-7-10(13)11(15-2)16-8-9/h7-8H,3-4,6H2,1-2H3,(H,15,16). The van der Waals surface area contributed by atoms with Crippen LogP contribution in [0, 0.1) is 11.3 Å². The second kappa shape index (κ2) is 6.82. The Bertz CT molecular complexity index is 470. The first-order chi connectivity index (χ1) is 8.63. The van der Waals surface area contributed by atoms with Crippen LogP contribution in [0.1, 0.15) is 23.7 Å². The van der Waals surface area contributed by atoms with E-state index < -0.39 is 0 Å². The minimum absolute atomic E-state index is 0.162. The quantitative estimate of drug-likeness (QED) is 0.887. The smallest absolute Gasteiger partial charge is 0.255 e. The molecule has 1 N–H and O–H groups in total.